The monoisotopic (exact) mass is 718 g/mol. The number of methoxy groups -OCH3 is 1. The highest BCUT2D eigenvalue weighted by molar-refractivity contribution is 6.30. The molecule has 1 fully saturated rings. The van der Waals surface area contributed by atoms with E-state index < -0.39 is 90.5 Å². The summed E-state index contributed by atoms with van der Waals surface area (Å²) >= 11 is 6.08. The Balaban J connectivity index is 1.81. The SMILES string of the molecule is COc1ccc([C@H](NC(=O)[C@H](CO)NC(=O)C2(c3cccc(Cl)c3)CC2)C(=O)N[C@H](C(=O)CC(F)(F)C(=O)NCC(F)(F)F)C(C)C)cc1. The molecule has 3 rings (SSSR count). The number of amides is 4. The van der Waals surface area contributed by atoms with Crippen molar-refractivity contribution in [2.75, 3.05) is 20.3 Å². The normalized spacial score (nSPS) is 15.7. The summed E-state index contributed by atoms with van der Waals surface area (Å²) < 4.78 is 71.3. The van der Waals surface area contributed by atoms with Gasteiger partial charge < -0.3 is 31.1 Å². The van der Waals surface area contributed by atoms with Crippen LogP contribution in [0.5, 0.6) is 5.75 Å². The van der Waals surface area contributed by atoms with Crippen LogP contribution in [0.25, 0.3) is 0 Å². The van der Waals surface area contributed by atoms with Crippen molar-refractivity contribution in [3.05, 3.63) is 64.7 Å². The summed E-state index contributed by atoms with van der Waals surface area (Å²) in [5.41, 5.74) is -0.251. The molecule has 5 N–H and O–H groups in total. The van der Waals surface area contributed by atoms with Gasteiger partial charge in [-0.1, -0.05) is 49.7 Å². The molecule has 17 heteroatoms. The molecule has 0 aliphatic heterocycles. The average molecular weight is 719 g/mol. The highest BCUT2D eigenvalue weighted by Gasteiger charge is 2.52. The fraction of sp³-hybridized carbons (Fsp3) is 0.469. The van der Waals surface area contributed by atoms with Gasteiger partial charge in [0.2, 0.25) is 17.7 Å². The summed E-state index contributed by atoms with van der Waals surface area (Å²) in [6, 6.07) is 7.44. The summed E-state index contributed by atoms with van der Waals surface area (Å²) in [6.45, 7) is -0.147. The van der Waals surface area contributed by atoms with Crippen LogP contribution in [-0.4, -0.2) is 79.0 Å². The molecule has 1 saturated carbocycles. The number of ether oxygens (including phenoxy) is 1. The first kappa shape index (κ1) is 39.1. The Morgan fingerprint density at radius 2 is 1.57 bits per heavy atom. The maximum atomic E-state index is 14.5. The largest absolute Gasteiger partial charge is 0.497 e. The fourth-order valence-electron chi connectivity index (χ4n) is 4.96. The lowest BCUT2D eigenvalue weighted by molar-refractivity contribution is -0.158. The maximum absolute atomic E-state index is 14.5. The van der Waals surface area contributed by atoms with Gasteiger partial charge in [-0.25, -0.2) is 0 Å². The zero-order chi connectivity index (χ0) is 36.7. The van der Waals surface area contributed by atoms with Crippen molar-refractivity contribution in [3.63, 3.8) is 0 Å². The van der Waals surface area contributed by atoms with Crippen molar-refractivity contribution >= 4 is 41.0 Å². The molecule has 3 atom stereocenters. The third kappa shape index (κ3) is 10.3. The lowest BCUT2D eigenvalue weighted by Crippen LogP contribution is -2.55. The quantitative estimate of drug-likeness (QED) is 0.167. The summed E-state index contributed by atoms with van der Waals surface area (Å²) in [5, 5.41) is 18.7. The lowest BCUT2D eigenvalue weighted by Gasteiger charge is -2.28. The minimum atomic E-state index is -4.97. The predicted molar refractivity (Wildman–Crippen MR) is 166 cm³/mol. The van der Waals surface area contributed by atoms with Gasteiger partial charge in [0.15, 0.2) is 5.78 Å². The summed E-state index contributed by atoms with van der Waals surface area (Å²) in [6.07, 6.45) is -5.90. The van der Waals surface area contributed by atoms with E-state index in [-0.39, 0.29) is 5.56 Å². The topological polar surface area (TPSA) is 163 Å². The van der Waals surface area contributed by atoms with Crippen molar-refractivity contribution in [2.24, 2.45) is 5.92 Å². The van der Waals surface area contributed by atoms with Crippen LogP contribution in [0.2, 0.25) is 5.02 Å². The first-order chi connectivity index (χ1) is 22.8. The maximum Gasteiger partial charge on any atom is 0.405 e. The number of nitrogens with one attached hydrogen (secondary N) is 4. The van der Waals surface area contributed by atoms with Gasteiger partial charge in [0.05, 0.1) is 31.6 Å². The predicted octanol–water partition coefficient (Wildman–Crippen LogP) is 3.13. The molecule has 11 nitrogen and oxygen atoms in total. The van der Waals surface area contributed by atoms with Crippen LogP contribution in [0.15, 0.2) is 48.5 Å². The third-order valence-electron chi connectivity index (χ3n) is 7.85. The number of carbonyl (C=O) groups is 5. The Hall–Kier alpha value is -4.31. The molecule has 4 amide bonds. The first-order valence-corrected chi connectivity index (χ1v) is 15.4. The van der Waals surface area contributed by atoms with Crippen LogP contribution in [0.3, 0.4) is 0 Å². The molecule has 0 heterocycles. The third-order valence-corrected chi connectivity index (χ3v) is 8.09. The van der Waals surface area contributed by atoms with Crippen LogP contribution in [-0.2, 0) is 29.4 Å². The second-order valence-corrected chi connectivity index (χ2v) is 12.3. The van der Waals surface area contributed by atoms with Crippen molar-refractivity contribution < 1.29 is 55.8 Å². The molecule has 1 aliphatic carbocycles. The number of aliphatic hydroxyl groups excluding tert-OH is 1. The zero-order valence-corrected chi connectivity index (χ0v) is 27.4. The Kier molecular flexibility index (Phi) is 12.7. The van der Waals surface area contributed by atoms with Crippen LogP contribution in [0.4, 0.5) is 22.0 Å². The van der Waals surface area contributed by atoms with Gasteiger partial charge in [0, 0.05) is 5.02 Å². The van der Waals surface area contributed by atoms with Gasteiger partial charge in [-0.15, -0.1) is 0 Å². The van der Waals surface area contributed by atoms with Crippen molar-refractivity contribution in [2.45, 2.75) is 68.7 Å². The molecule has 0 radical (unpaired) electrons. The molecule has 49 heavy (non-hydrogen) atoms. The molecule has 0 bridgehead atoms. The average Bonchev–Trinajstić information content (AvgIpc) is 3.85. The Bertz CT molecular complexity index is 1530. The van der Waals surface area contributed by atoms with Crippen LogP contribution in [0, 0.1) is 5.92 Å². The van der Waals surface area contributed by atoms with Crippen LogP contribution >= 0.6 is 11.6 Å². The van der Waals surface area contributed by atoms with Gasteiger partial charge in [-0.05, 0) is 54.2 Å². The van der Waals surface area contributed by atoms with Crippen molar-refractivity contribution in [1.29, 1.82) is 0 Å². The highest BCUT2D eigenvalue weighted by atomic mass is 35.5. The zero-order valence-electron chi connectivity index (χ0n) is 26.6. The van der Waals surface area contributed by atoms with Gasteiger partial charge in [-0.3, -0.25) is 24.0 Å². The minimum Gasteiger partial charge on any atom is -0.497 e. The van der Waals surface area contributed by atoms with Crippen molar-refractivity contribution in [1.82, 2.24) is 21.3 Å². The van der Waals surface area contributed by atoms with Crippen LogP contribution < -0.4 is 26.0 Å². The molecule has 0 unspecified atom stereocenters. The number of hydrogen-bond donors (Lipinski definition) is 5. The second kappa shape index (κ2) is 15.9. The molecule has 0 spiro atoms. The fourth-order valence-corrected chi connectivity index (χ4v) is 5.15. The van der Waals surface area contributed by atoms with Gasteiger partial charge in [0.1, 0.15) is 24.4 Å². The van der Waals surface area contributed by atoms with E-state index in [9.17, 15) is 51.0 Å². The number of carbonyl (C=O) groups excluding carboxylic acids is 5. The van der Waals surface area contributed by atoms with E-state index in [4.69, 9.17) is 16.3 Å². The van der Waals surface area contributed by atoms with Crippen molar-refractivity contribution in [3.8, 4) is 5.75 Å². The Morgan fingerprint density at radius 3 is 2.08 bits per heavy atom. The van der Waals surface area contributed by atoms with E-state index in [2.05, 4.69) is 16.0 Å². The Morgan fingerprint density at radius 1 is 0.939 bits per heavy atom. The number of ketones is 1. The van der Waals surface area contributed by atoms with Crippen LogP contribution in [0.1, 0.15) is 50.3 Å². The van der Waals surface area contributed by atoms with E-state index in [0.29, 0.717) is 29.2 Å². The number of hydrogen-bond acceptors (Lipinski definition) is 7. The highest BCUT2D eigenvalue weighted by Crippen LogP contribution is 2.49. The molecule has 1 aliphatic rings. The molecule has 0 aromatic heterocycles. The van der Waals surface area contributed by atoms with Gasteiger partial charge >= 0.3 is 12.1 Å². The smallest absolute Gasteiger partial charge is 0.405 e. The van der Waals surface area contributed by atoms with E-state index in [1.165, 1.54) is 45.2 Å². The minimum absolute atomic E-state index is 0.124. The Labute approximate surface area is 283 Å². The number of Topliss-reactive ketones (excluding diaryl/α,β-unsaturated/α-hetero) is 1. The lowest BCUT2D eigenvalue weighted by atomic mass is 9.94. The number of halogens is 6. The summed E-state index contributed by atoms with van der Waals surface area (Å²) in [5.74, 6) is -11.4. The molecular weight excluding hydrogens is 683 g/mol. The molecule has 2 aromatic rings. The number of benzene rings is 2. The molecule has 2 aromatic carbocycles. The first-order valence-electron chi connectivity index (χ1n) is 15.0. The summed E-state index contributed by atoms with van der Waals surface area (Å²) in [7, 11) is 1.38. The standard InChI is InChI=1S/C32H36ClF5N4O7/c1-17(2)24(23(44)14-31(34,35)29(48)39-16-32(36,37)38)41-27(46)25(18-7-9-21(49-3)10-8-18)42-26(45)22(15-43)40-28(47)30(11-12-30)19-5-4-6-20(33)13-19/h4-10,13,17,22,24-25,43H,11-12,14-16H2,1-3H3,(H,39,48)(H,40,47)(H,41,46)(H,42,45)/t22-,24-,25-/m0/s1. The molecule has 268 valence electrons. The number of aliphatic hydroxyl groups is 1. The van der Waals surface area contributed by atoms with E-state index >= 15 is 0 Å². The summed E-state index contributed by atoms with van der Waals surface area (Å²) in [4.78, 5) is 65.0. The molecular formula is C32H36ClF5N4O7. The number of alkyl halides is 5. The molecule has 0 saturated heterocycles. The van der Waals surface area contributed by atoms with E-state index in [0.717, 1.165) is 5.32 Å². The van der Waals surface area contributed by atoms with Gasteiger partial charge in [0.25, 0.3) is 5.91 Å². The van der Waals surface area contributed by atoms with E-state index in [1.807, 2.05) is 0 Å². The van der Waals surface area contributed by atoms with E-state index in [1.54, 1.807) is 24.3 Å². The second-order valence-electron chi connectivity index (χ2n) is 11.9. The van der Waals surface area contributed by atoms with Gasteiger partial charge in [-0.2, -0.15) is 22.0 Å². The number of rotatable bonds is 16.